The van der Waals surface area contributed by atoms with Crippen molar-refractivity contribution >= 4 is 0 Å². The molecule has 0 saturated carbocycles. The second-order valence-electron chi connectivity index (χ2n) is 4.91. The fraction of sp³-hybridized carbons (Fsp3) is 0.188. The third kappa shape index (κ3) is 3.66. The summed E-state index contributed by atoms with van der Waals surface area (Å²) in [6.07, 6.45) is 8.45. The third-order valence-electron chi connectivity index (χ3n) is 3.14. The molecule has 0 aliphatic carbocycles. The lowest BCUT2D eigenvalue weighted by atomic mass is 10.1. The zero-order valence-corrected chi connectivity index (χ0v) is 11.8. The number of pyridine rings is 1. The molecule has 5 nitrogen and oxygen atoms in total. The predicted octanol–water partition coefficient (Wildman–Crippen LogP) is 2.15. The van der Waals surface area contributed by atoms with E-state index in [1.165, 1.54) is 5.56 Å². The van der Waals surface area contributed by atoms with E-state index in [1.54, 1.807) is 24.9 Å². The van der Waals surface area contributed by atoms with Gasteiger partial charge in [-0.1, -0.05) is 0 Å². The minimum atomic E-state index is 0.738. The Kier molecular flexibility index (Phi) is 3.91. The highest BCUT2D eigenvalue weighted by atomic mass is 15.1. The first-order chi connectivity index (χ1) is 10.3. The maximum atomic E-state index is 4.28. The van der Waals surface area contributed by atoms with E-state index in [1.807, 2.05) is 25.1 Å². The monoisotopic (exact) mass is 277 g/mol. The SMILES string of the molecule is Cc1cc(Cc2cnnc(Cc3ccncc3)c2)ncn1. The predicted molar refractivity (Wildman–Crippen MR) is 78.7 cm³/mol. The molecule has 21 heavy (non-hydrogen) atoms. The van der Waals surface area contributed by atoms with Crippen LogP contribution >= 0.6 is 0 Å². The molecule has 0 N–H and O–H groups in total. The van der Waals surface area contributed by atoms with Gasteiger partial charge in [0, 0.05) is 36.6 Å². The van der Waals surface area contributed by atoms with Gasteiger partial charge in [0.2, 0.25) is 0 Å². The largest absolute Gasteiger partial charge is 0.265 e. The highest BCUT2D eigenvalue weighted by Crippen LogP contribution is 2.10. The van der Waals surface area contributed by atoms with Gasteiger partial charge in [0.1, 0.15) is 6.33 Å². The van der Waals surface area contributed by atoms with Gasteiger partial charge < -0.3 is 0 Å². The van der Waals surface area contributed by atoms with Crippen LogP contribution in [0, 0.1) is 6.92 Å². The van der Waals surface area contributed by atoms with E-state index in [2.05, 4.69) is 31.2 Å². The Balaban J connectivity index is 1.77. The Morgan fingerprint density at radius 3 is 2.52 bits per heavy atom. The molecule has 0 aromatic carbocycles. The van der Waals surface area contributed by atoms with Crippen molar-refractivity contribution in [3.63, 3.8) is 0 Å². The fourth-order valence-corrected chi connectivity index (χ4v) is 2.17. The molecule has 0 bridgehead atoms. The Morgan fingerprint density at radius 1 is 0.905 bits per heavy atom. The molecule has 3 aromatic heterocycles. The van der Waals surface area contributed by atoms with Crippen LogP contribution < -0.4 is 0 Å². The number of hydrogen-bond acceptors (Lipinski definition) is 5. The summed E-state index contributed by atoms with van der Waals surface area (Å²) in [6.45, 7) is 1.96. The normalized spacial score (nSPS) is 10.5. The summed E-state index contributed by atoms with van der Waals surface area (Å²) in [5, 5.41) is 8.28. The van der Waals surface area contributed by atoms with E-state index in [0.717, 1.165) is 35.5 Å². The lowest BCUT2D eigenvalue weighted by molar-refractivity contribution is 0.903. The van der Waals surface area contributed by atoms with Crippen molar-refractivity contribution in [1.29, 1.82) is 0 Å². The summed E-state index contributed by atoms with van der Waals surface area (Å²) in [7, 11) is 0. The van der Waals surface area contributed by atoms with E-state index in [-0.39, 0.29) is 0 Å². The van der Waals surface area contributed by atoms with Crippen LogP contribution in [0.25, 0.3) is 0 Å². The summed E-state index contributed by atoms with van der Waals surface area (Å²) >= 11 is 0. The summed E-state index contributed by atoms with van der Waals surface area (Å²) < 4.78 is 0. The molecule has 0 fully saturated rings. The summed E-state index contributed by atoms with van der Waals surface area (Å²) in [4.78, 5) is 12.4. The summed E-state index contributed by atoms with van der Waals surface area (Å²) in [5.41, 5.74) is 5.19. The molecular weight excluding hydrogens is 262 g/mol. The van der Waals surface area contributed by atoms with Crippen LogP contribution in [0.4, 0.5) is 0 Å². The van der Waals surface area contributed by atoms with Gasteiger partial charge >= 0.3 is 0 Å². The summed E-state index contributed by atoms with van der Waals surface area (Å²) in [6, 6.07) is 8.04. The molecule has 0 aliphatic heterocycles. The van der Waals surface area contributed by atoms with Gasteiger partial charge in [-0.25, -0.2) is 9.97 Å². The van der Waals surface area contributed by atoms with Gasteiger partial charge in [-0.2, -0.15) is 10.2 Å². The minimum Gasteiger partial charge on any atom is -0.265 e. The first-order valence-corrected chi connectivity index (χ1v) is 6.76. The molecule has 0 unspecified atom stereocenters. The maximum Gasteiger partial charge on any atom is 0.115 e. The van der Waals surface area contributed by atoms with Crippen molar-refractivity contribution in [3.05, 3.63) is 77.4 Å². The molecule has 0 aliphatic rings. The molecule has 5 heteroatoms. The second kappa shape index (κ2) is 6.17. The van der Waals surface area contributed by atoms with Crippen LogP contribution in [0.5, 0.6) is 0 Å². The van der Waals surface area contributed by atoms with E-state index < -0.39 is 0 Å². The first-order valence-electron chi connectivity index (χ1n) is 6.76. The van der Waals surface area contributed by atoms with Crippen LogP contribution in [0.15, 0.2) is 49.2 Å². The zero-order valence-electron chi connectivity index (χ0n) is 11.8. The van der Waals surface area contributed by atoms with E-state index in [4.69, 9.17) is 0 Å². The Morgan fingerprint density at radius 2 is 1.71 bits per heavy atom. The zero-order chi connectivity index (χ0) is 14.5. The van der Waals surface area contributed by atoms with Gasteiger partial charge in [0.25, 0.3) is 0 Å². The number of aryl methyl sites for hydroxylation is 1. The van der Waals surface area contributed by atoms with Crippen LogP contribution in [0.2, 0.25) is 0 Å². The van der Waals surface area contributed by atoms with Crippen LogP contribution in [-0.2, 0) is 12.8 Å². The van der Waals surface area contributed by atoms with Crippen molar-refractivity contribution in [2.45, 2.75) is 19.8 Å². The maximum absolute atomic E-state index is 4.28. The van der Waals surface area contributed by atoms with E-state index in [0.29, 0.717) is 0 Å². The van der Waals surface area contributed by atoms with Crippen molar-refractivity contribution < 1.29 is 0 Å². The van der Waals surface area contributed by atoms with Gasteiger partial charge in [-0.05, 0) is 42.3 Å². The molecule has 3 aromatic rings. The quantitative estimate of drug-likeness (QED) is 0.731. The van der Waals surface area contributed by atoms with Gasteiger partial charge in [-0.15, -0.1) is 0 Å². The molecule has 0 amide bonds. The van der Waals surface area contributed by atoms with Crippen molar-refractivity contribution in [2.24, 2.45) is 0 Å². The fourth-order valence-electron chi connectivity index (χ4n) is 2.17. The highest BCUT2D eigenvalue weighted by molar-refractivity contribution is 5.24. The van der Waals surface area contributed by atoms with Gasteiger partial charge in [0.15, 0.2) is 0 Å². The molecule has 3 heterocycles. The summed E-state index contributed by atoms with van der Waals surface area (Å²) in [5.74, 6) is 0. The third-order valence-corrected chi connectivity index (χ3v) is 3.14. The lowest BCUT2D eigenvalue weighted by Gasteiger charge is -2.04. The minimum absolute atomic E-state index is 0.738. The standard InChI is InChI=1S/C16H15N5/c1-12-6-15(19-11-18-12)8-14-9-16(21-20-10-14)7-13-2-4-17-5-3-13/h2-6,9-11H,7-8H2,1H3. The van der Waals surface area contributed by atoms with Crippen molar-refractivity contribution in [2.75, 3.05) is 0 Å². The molecule has 0 radical (unpaired) electrons. The number of aromatic nitrogens is 5. The molecule has 0 atom stereocenters. The average Bonchev–Trinajstić information content (AvgIpc) is 2.49. The molecule has 3 rings (SSSR count). The van der Waals surface area contributed by atoms with Crippen molar-refractivity contribution in [1.82, 2.24) is 25.1 Å². The average molecular weight is 277 g/mol. The Hall–Kier alpha value is -2.69. The van der Waals surface area contributed by atoms with Crippen LogP contribution in [0.3, 0.4) is 0 Å². The van der Waals surface area contributed by atoms with Crippen molar-refractivity contribution in [3.8, 4) is 0 Å². The van der Waals surface area contributed by atoms with Crippen LogP contribution in [-0.4, -0.2) is 25.1 Å². The highest BCUT2D eigenvalue weighted by Gasteiger charge is 2.03. The van der Waals surface area contributed by atoms with Crippen LogP contribution in [0.1, 0.15) is 28.2 Å². The smallest absolute Gasteiger partial charge is 0.115 e. The Labute approximate surface area is 123 Å². The second-order valence-corrected chi connectivity index (χ2v) is 4.91. The molecule has 104 valence electrons. The number of rotatable bonds is 4. The lowest BCUT2D eigenvalue weighted by Crippen LogP contribution is -2.00. The number of hydrogen-bond donors (Lipinski definition) is 0. The van der Waals surface area contributed by atoms with Gasteiger partial charge in [-0.3, -0.25) is 4.98 Å². The molecule has 0 spiro atoms. The molecular formula is C16H15N5. The first kappa shape index (κ1) is 13.3. The van der Waals surface area contributed by atoms with Gasteiger partial charge in [0.05, 0.1) is 11.9 Å². The van der Waals surface area contributed by atoms with E-state index >= 15 is 0 Å². The molecule has 0 saturated heterocycles. The topological polar surface area (TPSA) is 64.5 Å². The Bertz CT molecular complexity index is 727. The van der Waals surface area contributed by atoms with E-state index in [9.17, 15) is 0 Å². The number of nitrogens with zero attached hydrogens (tertiary/aromatic N) is 5.